The average molecular weight is 240 g/mol. The molecule has 0 radical (unpaired) electrons. The first-order valence-electron chi connectivity index (χ1n) is 6.26. The Morgan fingerprint density at radius 2 is 1.56 bits per heavy atom. The van der Waals surface area contributed by atoms with E-state index in [2.05, 4.69) is 63.2 Å². The fourth-order valence-corrected chi connectivity index (χ4v) is 2.02. The molecular weight excluding hydrogens is 220 g/mol. The summed E-state index contributed by atoms with van der Waals surface area (Å²) in [6.45, 7) is 6.68. The molecule has 1 heteroatoms. The van der Waals surface area contributed by atoms with E-state index in [9.17, 15) is 0 Å². The highest BCUT2D eigenvalue weighted by molar-refractivity contribution is 5.71. The van der Waals surface area contributed by atoms with Gasteiger partial charge >= 0.3 is 0 Å². The van der Waals surface area contributed by atoms with Gasteiger partial charge < -0.3 is 4.74 Å². The summed E-state index contributed by atoms with van der Waals surface area (Å²) in [6.07, 6.45) is 0. The van der Waals surface area contributed by atoms with Gasteiger partial charge in [-0.15, -0.1) is 0 Å². The number of ether oxygens (including phenoxy) is 1. The smallest absolute Gasteiger partial charge is 0.126 e. The van der Waals surface area contributed by atoms with E-state index in [1.54, 1.807) is 7.11 Å². The van der Waals surface area contributed by atoms with Gasteiger partial charge in [0.05, 0.1) is 7.11 Å². The molecule has 0 amide bonds. The van der Waals surface area contributed by atoms with Crippen LogP contribution in [0.1, 0.15) is 26.3 Å². The van der Waals surface area contributed by atoms with E-state index >= 15 is 0 Å². The normalized spacial score (nSPS) is 11.3. The predicted octanol–water partition coefficient (Wildman–Crippen LogP) is 4.66. The van der Waals surface area contributed by atoms with Crippen LogP contribution in [0.2, 0.25) is 0 Å². The van der Waals surface area contributed by atoms with Crippen LogP contribution in [0, 0.1) is 0 Å². The lowest BCUT2D eigenvalue weighted by Crippen LogP contribution is -2.11. The third-order valence-electron chi connectivity index (χ3n) is 3.15. The molecule has 0 saturated heterocycles. The SMILES string of the molecule is COc1ccc(C(C)(C)C)cc1-c1ccccc1. The molecule has 0 N–H and O–H groups in total. The molecule has 0 aliphatic rings. The standard InChI is InChI=1S/C17H20O/c1-17(2,3)14-10-11-16(18-4)15(12-14)13-8-6-5-7-9-13/h5-12H,1-4H3. The Labute approximate surface area is 109 Å². The highest BCUT2D eigenvalue weighted by atomic mass is 16.5. The van der Waals surface area contributed by atoms with E-state index < -0.39 is 0 Å². The van der Waals surface area contributed by atoms with E-state index in [1.807, 2.05) is 6.07 Å². The highest BCUT2D eigenvalue weighted by Crippen LogP contribution is 2.34. The monoisotopic (exact) mass is 240 g/mol. The van der Waals surface area contributed by atoms with Crippen LogP contribution in [0.4, 0.5) is 0 Å². The van der Waals surface area contributed by atoms with E-state index in [0.29, 0.717) is 0 Å². The van der Waals surface area contributed by atoms with Crippen LogP contribution in [0.25, 0.3) is 11.1 Å². The second kappa shape index (κ2) is 4.85. The van der Waals surface area contributed by atoms with Crippen molar-refractivity contribution in [2.75, 3.05) is 7.11 Å². The summed E-state index contributed by atoms with van der Waals surface area (Å²) in [5.41, 5.74) is 3.82. The molecule has 0 unspecified atom stereocenters. The van der Waals surface area contributed by atoms with Gasteiger partial charge in [0.2, 0.25) is 0 Å². The van der Waals surface area contributed by atoms with Gasteiger partial charge in [0.15, 0.2) is 0 Å². The van der Waals surface area contributed by atoms with Crippen molar-refractivity contribution in [3.63, 3.8) is 0 Å². The maximum Gasteiger partial charge on any atom is 0.126 e. The zero-order chi connectivity index (χ0) is 13.2. The minimum absolute atomic E-state index is 0.149. The summed E-state index contributed by atoms with van der Waals surface area (Å²) in [6, 6.07) is 16.8. The Hall–Kier alpha value is -1.76. The van der Waals surface area contributed by atoms with Crippen LogP contribution in [0.15, 0.2) is 48.5 Å². The first-order chi connectivity index (χ1) is 8.52. The van der Waals surface area contributed by atoms with Crippen molar-refractivity contribution in [1.82, 2.24) is 0 Å². The highest BCUT2D eigenvalue weighted by Gasteiger charge is 2.16. The van der Waals surface area contributed by atoms with Gasteiger partial charge in [0.25, 0.3) is 0 Å². The minimum atomic E-state index is 0.149. The van der Waals surface area contributed by atoms with Crippen molar-refractivity contribution in [2.45, 2.75) is 26.2 Å². The molecule has 2 aromatic rings. The molecule has 0 fully saturated rings. The predicted molar refractivity (Wildman–Crippen MR) is 77.1 cm³/mol. The number of methoxy groups -OCH3 is 1. The van der Waals surface area contributed by atoms with Crippen molar-refractivity contribution < 1.29 is 4.74 Å². The molecule has 1 nitrogen and oxygen atoms in total. The summed E-state index contributed by atoms with van der Waals surface area (Å²) >= 11 is 0. The third kappa shape index (κ3) is 2.56. The minimum Gasteiger partial charge on any atom is -0.496 e. The van der Waals surface area contributed by atoms with Crippen LogP contribution in [0.3, 0.4) is 0 Å². The van der Waals surface area contributed by atoms with Crippen molar-refractivity contribution >= 4 is 0 Å². The van der Waals surface area contributed by atoms with E-state index in [4.69, 9.17) is 4.74 Å². The number of hydrogen-bond donors (Lipinski definition) is 0. The number of benzene rings is 2. The van der Waals surface area contributed by atoms with E-state index in [1.165, 1.54) is 11.1 Å². The lowest BCUT2D eigenvalue weighted by Gasteiger charge is -2.21. The van der Waals surface area contributed by atoms with Gasteiger partial charge in [-0.05, 0) is 28.7 Å². The second-order valence-corrected chi connectivity index (χ2v) is 5.53. The Kier molecular flexibility index (Phi) is 3.42. The van der Waals surface area contributed by atoms with Crippen LogP contribution in [-0.2, 0) is 5.41 Å². The fourth-order valence-electron chi connectivity index (χ4n) is 2.02. The molecule has 0 aliphatic carbocycles. The molecule has 18 heavy (non-hydrogen) atoms. The molecule has 0 bridgehead atoms. The van der Waals surface area contributed by atoms with Gasteiger partial charge in [-0.2, -0.15) is 0 Å². The number of rotatable bonds is 2. The maximum atomic E-state index is 5.47. The van der Waals surface area contributed by atoms with E-state index in [0.717, 1.165) is 11.3 Å². The molecule has 0 spiro atoms. The third-order valence-corrected chi connectivity index (χ3v) is 3.15. The average Bonchev–Trinajstić information content (AvgIpc) is 2.38. The van der Waals surface area contributed by atoms with Crippen LogP contribution >= 0.6 is 0 Å². The number of hydrogen-bond acceptors (Lipinski definition) is 1. The Morgan fingerprint density at radius 1 is 0.889 bits per heavy atom. The summed E-state index contributed by atoms with van der Waals surface area (Å²) < 4.78 is 5.47. The molecule has 94 valence electrons. The van der Waals surface area contributed by atoms with E-state index in [-0.39, 0.29) is 5.41 Å². The van der Waals surface area contributed by atoms with Crippen molar-refractivity contribution in [2.24, 2.45) is 0 Å². The Balaban J connectivity index is 2.57. The first kappa shape index (κ1) is 12.7. The lowest BCUT2D eigenvalue weighted by atomic mass is 9.85. The fraction of sp³-hybridized carbons (Fsp3) is 0.294. The Morgan fingerprint density at radius 3 is 2.11 bits per heavy atom. The zero-order valence-electron chi connectivity index (χ0n) is 11.5. The van der Waals surface area contributed by atoms with Gasteiger partial charge in [-0.25, -0.2) is 0 Å². The quantitative estimate of drug-likeness (QED) is 0.741. The molecule has 0 aromatic heterocycles. The van der Waals surface area contributed by atoms with Gasteiger partial charge in [0, 0.05) is 5.56 Å². The summed E-state index contributed by atoms with van der Waals surface area (Å²) in [4.78, 5) is 0. The molecule has 0 aliphatic heterocycles. The Bertz CT molecular complexity index is 521. The lowest BCUT2D eigenvalue weighted by molar-refractivity contribution is 0.416. The van der Waals surface area contributed by atoms with Crippen molar-refractivity contribution in [3.05, 3.63) is 54.1 Å². The maximum absolute atomic E-state index is 5.47. The topological polar surface area (TPSA) is 9.23 Å². The first-order valence-corrected chi connectivity index (χ1v) is 6.26. The summed E-state index contributed by atoms with van der Waals surface area (Å²) in [7, 11) is 1.72. The largest absolute Gasteiger partial charge is 0.496 e. The second-order valence-electron chi connectivity index (χ2n) is 5.53. The molecule has 0 heterocycles. The molecule has 2 aromatic carbocycles. The van der Waals surface area contributed by atoms with Crippen LogP contribution < -0.4 is 4.74 Å². The zero-order valence-corrected chi connectivity index (χ0v) is 11.5. The van der Waals surface area contributed by atoms with Gasteiger partial charge in [-0.1, -0.05) is 57.2 Å². The summed E-state index contributed by atoms with van der Waals surface area (Å²) in [5.74, 6) is 0.925. The molecule has 0 atom stereocenters. The van der Waals surface area contributed by atoms with Crippen LogP contribution in [-0.4, -0.2) is 7.11 Å². The van der Waals surface area contributed by atoms with Crippen molar-refractivity contribution in [1.29, 1.82) is 0 Å². The summed E-state index contributed by atoms with van der Waals surface area (Å²) in [5, 5.41) is 0. The molecule has 2 rings (SSSR count). The van der Waals surface area contributed by atoms with Crippen molar-refractivity contribution in [3.8, 4) is 16.9 Å². The molecular formula is C17H20O. The van der Waals surface area contributed by atoms with Crippen LogP contribution in [0.5, 0.6) is 5.75 Å². The van der Waals surface area contributed by atoms with Gasteiger partial charge in [0.1, 0.15) is 5.75 Å². The van der Waals surface area contributed by atoms with Gasteiger partial charge in [-0.3, -0.25) is 0 Å². The molecule has 0 saturated carbocycles.